The summed E-state index contributed by atoms with van der Waals surface area (Å²) in [6.45, 7) is 6.23. The predicted molar refractivity (Wildman–Crippen MR) is 105 cm³/mol. The number of nitrogens with zero attached hydrogens (tertiary/aromatic N) is 4. The maximum absolute atomic E-state index is 12.7. The van der Waals surface area contributed by atoms with Gasteiger partial charge in [-0.2, -0.15) is 4.98 Å². The van der Waals surface area contributed by atoms with Gasteiger partial charge < -0.3 is 18.9 Å². The Balaban J connectivity index is 1.24. The van der Waals surface area contributed by atoms with Crippen molar-refractivity contribution in [2.24, 2.45) is 5.92 Å². The fraction of sp³-hybridized carbons (Fsp3) is 0.619. The van der Waals surface area contributed by atoms with Crippen LogP contribution >= 0.6 is 0 Å². The molecule has 2 fully saturated rings. The minimum atomic E-state index is 0.0133. The van der Waals surface area contributed by atoms with Gasteiger partial charge in [0.05, 0.1) is 18.1 Å². The molecule has 8 heteroatoms. The first-order chi connectivity index (χ1) is 14.2. The number of carbonyl (C=O) groups excluding carboxylic acids is 1. The van der Waals surface area contributed by atoms with Gasteiger partial charge in [0.1, 0.15) is 0 Å². The number of pyridine rings is 1. The Bertz CT molecular complexity index is 819. The molecule has 4 rings (SSSR count). The van der Waals surface area contributed by atoms with Gasteiger partial charge in [-0.15, -0.1) is 0 Å². The van der Waals surface area contributed by atoms with Crippen LogP contribution in [0.2, 0.25) is 0 Å². The van der Waals surface area contributed by atoms with E-state index in [1.165, 1.54) is 0 Å². The molecule has 0 bridgehead atoms. The highest BCUT2D eigenvalue weighted by Gasteiger charge is 2.32. The molecule has 2 aromatic heterocycles. The molecule has 0 aromatic carbocycles. The van der Waals surface area contributed by atoms with Crippen LogP contribution < -0.4 is 0 Å². The van der Waals surface area contributed by atoms with Gasteiger partial charge >= 0.3 is 0 Å². The van der Waals surface area contributed by atoms with Crippen LogP contribution in [-0.4, -0.2) is 65.4 Å². The molecule has 4 heterocycles. The van der Waals surface area contributed by atoms with E-state index in [1.54, 1.807) is 12.4 Å². The second kappa shape index (κ2) is 9.45. The van der Waals surface area contributed by atoms with E-state index < -0.39 is 0 Å². The Morgan fingerprint density at radius 2 is 2.17 bits per heavy atom. The summed E-state index contributed by atoms with van der Waals surface area (Å²) in [5, 5.41) is 4.09. The second-order valence-corrected chi connectivity index (χ2v) is 7.86. The van der Waals surface area contributed by atoms with Crippen molar-refractivity contribution < 1.29 is 18.8 Å². The molecule has 2 aliphatic rings. The van der Waals surface area contributed by atoms with E-state index in [2.05, 4.69) is 15.1 Å². The lowest BCUT2D eigenvalue weighted by Crippen LogP contribution is -2.29. The fourth-order valence-corrected chi connectivity index (χ4v) is 3.87. The first kappa shape index (κ1) is 20.0. The molecule has 29 heavy (non-hydrogen) atoms. The molecule has 2 saturated heterocycles. The summed E-state index contributed by atoms with van der Waals surface area (Å²) in [6.07, 6.45) is 6.94. The molecule has 0 aliphatic carbocycles. The molecule has 1 amide bonds. The van der Waals surface area contributed by atoms with Crippen LogP contribution in [0.4, 0.5) is 0 Å². The molecule has 1 unspecified atom stereocenters. The summed E-state index contributed by atoms with van der Waals surface area (Å²) < 4.78 is 16.6. The summed E-state index contributed by atoms with van der Waals surface area (Å²) in [5.41, 5.74) is 1.59. The summed E-state index contributed by atoms with van der Waals surface area (Å²) in [7, 11) is 0. The van der Waals surface area contributed by atoms with Crippen molar-refractivity contribution in [3.63, 3.8) is 0 Å². The number of ether oxygens (including phenoxy) is 2. The van der Waals surface area contributed by atoms with Gasteiger partial charge in [0, 0.05) is 51.7 Å². The van der Waals surface area contributed by atoms with Gasteiger partial charge in [0.2, 0.25) is 5.89 Å². The predicted octanol–water partition coefficient (Wildman–Crippen LogP) is 2.39. The number of amides is 1. The maximum atomic E-state index is 12.7. The minimum absolute atomic E-state index is 0.0133. The largest absolute Gasteiger partial charge is 0.381 e. The molecule has 8 nitrogen and oxygen atoms in total. The Morgan fingerprint density at radius 1 is 1.31 bits per heavy atom. The quantitative estimate of drug-likeness (QED) is 0.659. The van der Waals surface area contributed by atoms with E-state index >= 15 is 0 Å². The molecule has 0 N–H and O–H groups in total. The third-order valence-corrected chi connectivity index (χ3v) is 5.74. The van der Waals surface area contributed by atoms with Crippen molar-refractivity contribution >= 4 is 5.91 Å². The number of hydrogen-bond acceptors (Lipinski definition) is 7. The normalized spacial score (nSPS) is 20.3. The van der Waals surface area contributed by atoms with Crippen LogP contribution in [0, 0.1) is 12.8 Å². The number of rotatable bonds is 7. The van der Waals surface area contributed by atoms with E-state index in [9.17, 15) is 4.79 Å². The van der Waals surface area contributed by atoms with Crippen LogP contribution in [-0.2, 0) is 15.9 Å². The Hall–Kier alpha value is -2.32. The average Bonchev–Trinajstić information content (AvgIpc) is 3.42. The van der Waals surface area contributed by atoms with Gasteiger partial charge in [-0.3, -0.25) is 9.78 Å². The highest BCUT2D eigenvalue weighted by molar-refractivity contribution is 5.95. The third-order valence-electron chi connectivity index (χ3n) is 5.74. The smallest absolute Gasteiger partial charge is 0.255 e. The zero-order valence-electron chi connectivity index (χ0n) is 16.9. The van der Waals surface area contributed by atoms with Crippen LogP contribution in [0.1, 0.15) is 52.8 Å². The zero-order valence-corrected chi connectivity index (χ0v) is 16.9. The van der Waals surface area contributed by atoms with Crippen LogP contribution in [0.5, 0.6) is 0 Å². The van der Waals surface area contributed by atoms with E-state index in [4.69, 9.17) is 14.0 Å². The molecule has 0 saturated carbocycles. The van der Waals surface area contributed by atoms with Gasteiger partial charge in [-0.25, -0.2) is 0 Å². The number of likely N-dealkylation sites (tertiary alicyclic amines) is 1. The lowest BCUT2D eigenvalue weighted by Gasteiger charge is -2.21. The van der Waals surface area contributed by atoms with E-state index in [0.29, 0.717) is 49.3 Å². The lowest BCUT2D eigenvalue weighted by atomic mass is 10.0. The summed E-state index contributed by atoms with van der Waals surface area (Å²) >= 11 is 0. The number of carbonyl (C=O) groups is 1. The van der Waals surface area contributed by atoms with Crippen molar-refractivity contribution in [2.45, 2.75) is 38.5 Å². The topological polar surface area (TPSA) is 90.6 Å². The van der Waals surface area contributed by atoms with Crippen molar-refractivity contribution in [3.05, 3.63) is 41.3 Å². The number of aryl methyl sites for hydroxylation is 1. The van der Waals surface area contributed by atoms with Gasteiger partial charge in [-0.1, -0.05) is 5.16 Å². The first-order valence-corrected chi connectivity index (χ1v) is 10.4. The second-order valence-electron chi connectivity index (χ2n) is 7.86. The molecule has 0 radical (unpaired) electrons. The van der Waals surface area contributed by atoms with Gasteiger partial charge in [0.25, 0.3) is 5.91 Å². The molecule has 156 valence electrons. The lowest BCUT2D eigenvalue weighted by molar-refractivity contribution is 0.0211. The summed E-state index contributed by atoms with van der Waals surface area (Å²) in [6, 6.07) is 1.86. The SMILES string of the molecule is Cc1ccncc1C(=O)N1CCC(c2nc(CCOCC3CCOCC3)no2)C1. The molecule has 2 aromatic rings. The van der Waals surface area contributed by atoms with Crippen LogP contribution in [0.15, 0.2) is 23.0 Å². The van der Waals surface area contributed by atoms with Crippen LogP contribution in [0.25, 0.3) is 0 Å². The highest BCUT2D eigenvalue weighted by Crippen LogP contribution is 2.27. The average molecular weight is 400 g/mol. The van der Waals surface area contributed by atoms with Gasteiger partial charge in [0.15, 0.2) is 5.82 Å². The van der Waals surface area contributed by atoms with E-state index in [0.717, 1.165) is 44.6 Å². The molecule has 0 spiro atoms. The van der Waals surface area contributed by atoms with Crippen LogP contribution in [0.3, 0.4) is 0 Å². The minimum Gasteiger partial charge on any atom is -0.381 e. The molecular weight excluding hydrogens is 372 g/mol. The monoisotopic (exact) mass is 400 g/mol. The Morgan fingerprint density at radius 3 is 3.00 bits per heavy atom. The summed E-state index contributed by atoms with van der Waals surface area (Å²) in [4.78, 5) is 23.2. The number of hydrogen-bond donors (Lipinski definition) is 0. The molecular formula is C21H28N4O4. The zero-order chi connectivity index (χ0) is 20.1. The van der Waals surface area contributed by atoms with Gasteiger partial charge in [-0.05, 0) is 43.7 Å². The van der Waals surface area contributed by atoms with Crippen molar-refractivity contribution in [1.82, 2.24) is 20.0 Å². The van der Waals surface area contributed by atoms with Crippen molar-refractivity contribution in [3.8, 4) is 0 Å². The highest BCUT2D eigenvalue weighted by atomic mass is 16.5. The van der Waals surface area contributed by atoms with E-state index in [-0.39, 0.29) is 11.8 Å². The van der Waals surface area contributed by atoms with E-state index in [1.807, 2.05) is 17.9 Å². The maximum Gasteiger partial charge on any atom is 0.255 e. The first-order valence-electron chi connectivity index (χ1n) is 10.4. The van der Waals surface area contributed by atoms with Crippen molar-refractivity contribution in [1.29, 1.82) is 0 Å². The van der Waals surface area contributed by atoms with Crippen molar-refractivity contribution in [2.75, 3.05) is 39.5 Å². The standard InChI is InChI=1S/C21H28N4O4/c1-15-2-7-22-12-18(15)21(26)25-8-3-17(13-25)20-23-19(24-29-20)6-11-28-14-16-4-9-27-10-5-16/h2,7,12,16-17H,3-6,8-11,13-14H2,1H3. The molecule has 1 atom stereocenters. The third kappa shape index (κ3) is 5.00. The number of aromatic nitrogens is 3. The molecule has 2 aliphatic heterocycles. The summed E-state index contributed by atoms with van der Waals surface area (Å²) in [5.74, 6) is 1.97. The fourth-order valence-electron chi connectivity index (χ4n) is 3.87. The Kier molecular flexibility index (Phi) is 6.51. The Labute approximate surface area is 170 Å².